The third-order valence-electron chi connectivity index (χ3n) is 2.35. The third-order valence-corrected chi connectivity index (χ3v) is 2.35. The van der Waals surface area contributed by atoms with Crippen molar-refractivity contribution in [3.05, 3.63) is 39.8 Å². The van der Waals surface area contributed by atoms with Crippen LogP contribution < -0.4 is 0 Å². The van der Waals surface area contributed by atoms with Crippen molar-refractivity contribution in [2.75, 3.05) is 7.11 Å². The van der Waals surface area contributed by atoms with Crippen LogP contribution in [0.1, 0.15) is 10.4 Å². The topological polar surface area (TPSA) is 85.2 Å². The number of nitrogens with zero attached hydrogens (tertiary/aromatic N) is 1. The van der Waals surface area contributed by atoms with Crippen LogP contribution in [0.25, 0.3) is 10.9 Å². The SMILES string of the molecule is COC(=O)c1cc2cc[nH]c2c([N+](=O)[O-])c1F. The Bertz CT molecular complexity index is 620. The molecule has 1 aromatic carbocycles. The summed E-state index contributed by atoms with van der Waals surface area (Å²) >= 11 is 0. The number of hydrogen-bond acceptors (Lipinski definition) is 4. The van der Waals surface area contributed by atoms with Gasteiger partial charge in [-0.15, -0.1) is 0 Å². The number of nitro benzene ring substituents is 1. The van der Waals surface area contributed by atoms with Crippen LogP contribution in [0.5, 0.6) is 0 Å². The lowest BCUT2D eigenvalue weighted by atomic mass is 10.1. The molecule has 0 aliphatic heterocycles. The van der Waals surface area contributed by atoms with E-state index in [0.29, 0.717) is 5.39 Å². The zero-order valence-corrected chi connectivity index (χ0v) is 8.69. The molecule has 88 valence electrons. The molecular weight excluding hydrogens is 231 g/mol. The first kappa shape index (κ1) is 11.1. The van der Waals surface area contributed by atoms with E-state index in [1.165, 1.54) is 18.3 Å². The highest BCUT2D eigenvalue weighted by Gasteiger charge is 2.27. The van der Waals surface area contributed by atoms with E-state index in [4.69, 9.17) is 0 Å². The van der Waals surface area contributed by atoms with E-state index < -0.39 is 28.0 Å². The van der Waals surface area contributed by atoms with Gasteiger partial charge in [-0.1, -0.05) is 0 Å². The molecule has 2 rings (SSSR count). The first-order valence-electron chi connectivity index (χ1n) is 4.58. The molecule has 0 aliphatic carbocycles. The minimum Gasteiger partial charge on any atom is -0.465 e. The van der Waals surface area contributed by atoms with Crippen LogP contribution in [-0.4, -0.2) is 23.0 Å². The number of aromatic nitrogens is 1. The second kappa shape index (κ2) is 3.85. The highest BCUT2D eigenvalue weighted by Crippen LogP contribution is 2.30. The lowest BCUT2D eigenvalue weighted by Crippen LogP contribution is -2.07. The number of ether oxygens (including phenoxy) is 1. The maximum atomic E-state index is 13.8. The smallest absolute Gasteiger partial charge is 0.341 e. The fourth-order valence-electron chi connectivity index (χ4n) is 1.59. The predicted octanol–water partition coefficient (Wildman–Crippen LogP) is 2.00. The van der Waals surface area contributed by atoms with E-state index in [1.807, 2.05) is 0 Å². The van der Waals surface area contributed by atoms with Crippen molar-refractivity contribution >= 4 is 22.6 Å². The Morgan fingerprint density at radius 3 is 2.88 bits per heavy atom. The number of esters is 1. The molecule has 1 heterocycles. The molecule has 17 heavy (non-hydrogen) atoms. The molecule has 7 heteroatoms. The number of nitro groups is 1. The van der Waals surface area contributed by atoms with Gasteiger partial charge in [0, 0.05) is 11.6 Å². The van der Waals surface area contributed by atoms with Gasteiger partial charge in [0.1, 0.15) is 11.1 Å². The number of benzene rings is 1. The predicted molar refractivity (Wildman–Crippen MR) is 56.3 cm³/mol. The van der Waals surface area contributed by atoms with Gasteiger partial charge in [-0.3, -0.25) is 10.1 Å². The highest BCUT2D eigenvalue weighted by molar-refractivity contribution is 5.98. The van der Waals surface area contributed by atoms with Gasteiger partial charge in [0.25, 0.3) is 0 Å². The summed E-state index contributed by atoms with van der Waals surface area (Å²) in [6.07, 6.45) is 1.43. The number of H-pyrrole nitrogens is 1. The molecule has 0 radical (unpaired) electrons. The van der Waals surface area contributed by atoms with Gasteiger partial charge in [0.15, 0.2) is 0 Å². The third kappa shape index (κ3) is 1.61. The van der Waals surface area contributed by atoms with Crippen LogP contribution in [0.15, 0.2) is 18.3 Å². The Morgan fingerprint density at radius 2 is 2.29 bits per heavy atom. The molecule has 0 bridgehead atoms. The first-order valence-corrected chi connectivity index (χ1v) is 4.58. The summed E-state index contributed by atoms with van der Waals surface area (Å²) in [5.41, 5.74) is -1.17. The van der Waals surface area contributed by atoms with E-state index in [0.717, 1.165) is 7.11 Å². The Morgan fingerprint density at radius 1 is 1.59 bits per heavy atom. The Labute approximate surface area is 94.1 Å². The van der Waals surface area contributed by atoms with E-state index >= 15 is 0 Å². The van der Waals surface area contributed by atoms with Crippen molar-refractivity contribution in [1.29, 1.82) is 0 Å². The lowest BCUT2D eigenvalue weighted by molar-refractivity contribution is -0.385. The number of hydrogen-bond donors (Lipinski definition) is 1. The quantitative estimate of drug-likeness (QED) is 0.492. The van der Waals surface area contributed by atoms with E-state index in [2.05, 4.69) is 9.72 Å². The monoisotopic (exact) mass is 238 g/mol. The number of methoxy groups -OCH3 is 1. The van der Waals surface area contributed by atoms with Crippen molar-refractivity contribution in [2.45, 2.75) is 0 Å². The average molecular weight is 238 g/mol. The highest BCUT2D eigenvalue weighted by atomic mass is 19.1. The van der Waals surface area contributed by atoms with E-state index in [9.17, 15) is 19.3 Å². The summed E-state index contributed by atoms with van der Waals surface area (Å²) < 4.78 is 18.2. The number of fused-ring (bicyclic) bond motifs is 1. The van der Waals surface area contributed by atoms with Gasteiger partial charge < -0.3 is 9.72 Å². The zero-order chi connectivity index (χ0) is 12.6. The van der Waals surface area contributed by atoms with Crippen LogP contribution in [-0.2, 0) is 4.74 Å². The van der Waals surface area contributed by atoms with Crippen molar-refractivity contribution in [3.8, 4) is 0 Å². The van der Waals surface area contributed by atoms with Crippen LogP contribution >= 0.6 is 0 Å². The van der Waals surface area contributed by atoms with Crippen LogP contribution in [0, 0.1) is 15.9 Å². The summed E-state index contributed by atoms with van der Waals surface area (Å²) in [5, 5.41) is 11.2. The maximum absolute atomic E-state index is 13.8. The Hall–Kier alpha value is -2.44. The molecule has 0 atom stereocenters. The second-order valence-electron chi connectivity index (χ2n) is 3.28. The van der Waals surface area contributed by atoms with Crippen LogP contribution in [0.3, 0.4) is 0 Å². The lowest BCUT2D eigenvalue weighted by Gasteiger charge is -2.03. The van der Waals surface area contributed by atoms with Crippen LogP contribution in [0.4, 0.5) is 10.1 Å². The van der Waals surface area contributed by atoms with Gasteiger partial charge in [0.05, 0.1) is 12.0 Å². The fraction of sp³-hybridized carbons (Fsp3) is 0.100. The fourth-order valence-corrected chi connectivity index (χ4v) is 1.59. The molecular formula is C10H7FN2O4. The van der Waals surface area contributed by atoms with Gasteiger partial charge >= 0.3 is 11.7 Å². The average Bonchev–Trinajstić information content (AvgIpc) is 2.73. The molecule has 0 saturated carbocycles. The van der Waals surface area contributed by atoms with Crippen molar-refractivity contribution in [2.24, 2.45) is 0 Å². The summed E-state index contributed by atoms with van der Waals surface area (Å²) in [6, 6.07) is 2.72. The normalized spacial score (nSPS) is 10.5. The van der Waals surface area contributed by atoms with Gasteiger partial charge in [-0.25, -0.2) is 4.79 Å². The van der Waals surface area contributed by atoms with E-state index in [1.54, 1.807) is 0 Å². The maximum Gasteiger partial charge on any atom is 0.341 e. The van der Waals surface area contributed by atoms with E-state index in [-0.39, 0.29) is 5.52 Å². The minimum absolute atomic E-state index is 0.0418. The molecule has 0 aliphatic rings. The largest absolute Gasteiger partial charge is 0.465 e. The standard InChI is InChI=1S/C10H7FN2O4/c1-17-10(14)6-4-5-2-3-12-8(5)9(7(6)11)13(15)16/h2-4,12H,1H3. The zero-order valence-electron chi connectivity index (χ0n) is 8.69. The summed E-state index contributed by atoms with van der Waals surface area (Å²) in [4.78, 5) is 23.8. The number of halogens is 1. The molecule has 0 spiro atoms. The number of aromatic amines is 1. The number of rotatable bonds is 2. The second-order valence-corrected chi connectivity index (χ2v) is 3.28. The molecule has 1 aromatic heterocycles. The molecule has 1 N–H and O–H groups in total. The molecule has 2 aromatic rings. The summed E-state index contributed by atoms with van der Waals surface area (Å²) in [6.45, 7) is 0. The van der Waals surface area contributed by atoms with Crippen molar-refractivity contribution < 1.29 is 18.8 Å². The Balaban J connectivity index is 2.84. The summed E-state index contributed by atoms with van der Waals surface area (Å²) in [5.74, 6) is -2.15. The summed E-state index contributed by atoms with van der Waals surface area (Å²) in [7, 11) is 1.08. The Kier molecular flexibility index (Phi) is 2.51. The molecule has 0 amide bonds. The number of carbonyl (C=O) groups is 1. The van der Waals surface area contributed by atoms with Gasteiger partial charge in [-0.05, 0) is 12.1 Å². The molecule has 0 saturated heterocycles. The van der Waals surface area contributed by atoms with Crippen LogP contribution in [0.2, 0.25) is 0 Å². The molecule has 6 nitrogen and oxygen atoms in total. The molecule has 0 fully saturated rings. The minimum atomic E-state index is -1.20. The number of carbonyl (C=O) groups excluding carboxylic acids is 1. The first-order chi connectivity index (χ1) is 8.06. The van der Waals surface area contributed by atoms with Gasteiger partial charge in [-0.2, -0.15) is 4.39 Å². The van der Waals surface area contributed by atoms with Crippen molar-refractivity contribution in [1.82, 2.24) is 4.98 Å². The molecule has 0 unspecified atom stereocenters. The van der Waals surface area contributed by atoms with Gasteiger partial charge in [0.2, 0.25) is 5.82 Å². The van der Waals surface area contributed by atoms with Crippen molar-refractivity contribution in [3.63, 3.8) is 0 Å². The number of nitrogens with one attached hydrogen (secondary N) is 1.